The zero-order chi connectivity index (χ0) is 24.9. The second-order valence-electron chi connectivity index (χ2n) is 8.56. The lowest BCUT2D eigenvalue weighted by molar-refractivity contribution is -0.123. The molecule has 184 valence electrons. The van der Waals surface area contributed by atoms with Crippen molar-refractivity contribution in [3.05, 3.63) is 77.5 Å². The second-order valence-corrected chi connectivity index (χ2v) is 8.56. The van der Waals surface area contributed by atoms with Gasteiger partial charge in [0.25, 0.3) is 5.91 Å². The van der Waals surface area contributed by atoms with Gasteiger partial charge in [0.2, 0.25) is 5.91 Å². The molecular formula is C27H29FN2O5. The molecule has 0 aliphatic heterocycles. The van der Waals surface area contributed by atoms with E-state index in [1.165, 1.54) is 37.5 Å². The number of ether oxygens (including phenoxy) is 2. The minimum Gasteiger partial charge on any atom is -0.493 e. The summed E-state index contributed by atoms with van der Waals surface area (Å²) in [5.74, 6) is -0.742. The molecule has 1 atom stereocenters. The van der Waals surface area contributed by atoms with Gasteiger partial charge in [0.15, 0.2) is 17.3 Å². The maximum atomic E-state index is 14.7. The number of benzene rings is 2. The Hall–Kier alpha value is -3.81. The van der Waals surface area contributed by atoms with Crippen molar-refractivity contribution in [3.8, 4) is 11.5 Å². The zero-order valence-corrected chi connectivity index (χ0v) is 20.0. The predicted molar refractivity (Wildman–Crippen MR) is 129 cm³/mol. The highest BCUT2D eigenvalue weighted by Gasteiger charge is 2.38. The summed E-state index contributed by atoms with van der Waals surface area (Å²) in [6.45, 7) is 1.63. The molecule has 3 aromatic rings. The third-order valence-corrected chi connectivity index (χ3v) is 6.32. The van der Waals surface area contributed by atoms with Gasteiger partial charge in [-0.1, -0.05) is 31.0 Å². The zero-order valence-electron chi connectivity index (χ0n) is 20.0. The Morgan fingerprint density at radius 2 is 1.86 bits per heavy atom. The predicted octanol–water partition coefficient (Wildman–Crippen LogP) is 5.19. The van der Waals surface area contributed by atoms with Crippen LogP contribution in [0.5, 0.6) is 11.5 Å². The number of hydrogen-bond donors (Lipinski definition) is 1. The Morgan fingerprint density at radius 1 is 1.09 bits per heavy atom. The maximum Gasteiger partial charge on any atom is 0.294 e. The molecule has 1 saturated carbocycles. The number of carbonyl (C=O) groups is 2. The summed E-state index contributed by atoms with van der Waals surface area (Å²) in [6.07, 6.45) is 5.14. The van der Waals surface area contributed by atoms with Crippen LogP contribution in [0, 0.1) is 12.7 Å². The quantitative estimate of drug-likeness (QED) is 0.480. The third kappa shape index (κ3) is 5.01. The SMILES string of the molecule is COc1cccc(C(C(=O)NC2CCCC2)N(C(=O)c2ccco2)c2ccc(C)c(F)c2)c1OC. The molecule has 7 nitrogen and oxygen atoms in total. The van der Waals surface area contributed by atoms with Crippen molar-refractivity contribution in [2.24, 2.45) is 0 Å². The van der Waals surface area contributed by atoms with Gasteiger partial charge in [-0.25, -0.2) is 4.39 Å². The van der Waals surface area contributed by atoms with Gasteiger partial charge >= 0.3 is 0 Å². The number of para-hydroxylation sites is 1. The van der Waals surface area contributed by atoms with Crippen LogP contribution in [-0.2, 0) is 4.79 Å². The first kappa shape index (κ1) is 24.3. The van der Waals surface area contributed by atoms with Gasteiger partial charge in [-0.3, -0.25) is 14.5 Å². The average Bonchev–Trinajstić information content (AvgIpc) is 3.58. The van der Waals surface area contributed by atoms with E-state index >= 15 is 0 Å². The number of furan rings is 1. The molecule has 8 heteroatoms. The van der Waals surface area contributed by atoms with Crippen molar-refractivity contribution >= 4 is 17.5 Å². The van der Waals surface area contributed by atoms with Gasteiger partial charge in [-0.2, -0.15) is 0 Å². The summed E-state index contributed by atoms with van der Waals surface area (Å²) < 4.78 is 31.2. The molecule has 1 aromatic heterocycles. The van der Waals surface area contributed by atoms with Crippen molar-refractivity contribution in [3.63, 3.8) is 0 Å². The standard InChI is InChI=1S/C27H29FN2O5/c1-17-13-14-19(16-21(17)28)30(27(32)23-12-7-15-35-23)24(26(31)29-18-8-4-5-9-18)20-10-6-11-22(33-2)25(20)34-3/h6-7,10-16,18,24H,4-5,8-9H2,1-3H3,(H,29,31). The van der Waals surface area contributed by atoms with Crippen molar-refractivity contribution in [2.45, 2.75) is 44.7 Å². The Morgan fingerprint density at radius 3 is 2.49 bits per heavy atom. The van der Waals surface area contributed by atoms with E-state index in [-0.39, 0.29) is 17.5 Å². The summed E-state index contributed by atoms with van der Waals surface area (Å²) in [5, 5.41) is 3.09. The lowest BCUT2D eigenvalue weighted by atomic mass is 10.00. The number of anilines is 1. The van der Waals surface area contributed by atoms with E-state index in [4.69, 9.17) is 13.9 Å². The molecule has 1 fully saturated rings. The molecule has 0 saturated heterocycles. The van der Waals surface area contributed by atoms with Gasteiger partial charge in [-0.05, 0) is 55.7 Å². The van der Waals surface area contributed by atoms with E-state index in [1.807, 2.05) is 0 Å². The largest absolute Gasteiger partial charge is 0.493 e. The number of aryl methyl sites for hydroxylation is 1. The Bertz CT molecular complexity index is 1190. The fourth-order valence-corrected chi connectivity index (χ4v) is 4.51. The van der Waals surface area contributed by atoms with Crippen LogP contribution >= 0.6 is 0 Å². The van der Waals surface area contributed by atoms with Crippen LogP contribution in [0.1, 0.15) is 53.4 Å². The number of nitrogens with one attached hydrogen (secondary N) is 1. The summed E-state index contributed by atoms with van der Waals surface area (Å²) in [7, 11) is 2.97. The van der Waals surface area contributed by atoms with Crippen LogP contribution in [0.4, 0.5) is 10.1 Å². The number of carbonyl (C=O) groups excluding carboxylic acids is 2. The van der Waals surface area contributed by atoms with Crippen LogP contribution in [0.25, 0.3) is 0 Å². The smallest absolute Gasteiger partial charge is 0.294 e. The van der Waals surface area contributed by atoms with Gasteiger partial charge in [0, 0.05) is 17.3 Å². The van der Waals surface area contributed by atoms with Crippen LogP contribution in [0.3, 0.4) is 0 Å². The molecule has 0 radical (unpaired) electrons. The number of hydrogen-bond acceptors (Lipinski definition) is 5. The van der Waals surface area contributed by atoms with Crippen molar-refractivity contribution in [1.82, 2.24) is 5.32 Å². The molecule has 2 amide bonds. The second kappa shape index (κ2) is 10.6. The molecule has 2 aromatic carbocycles. The summed E-state index contributed by atoms with van der Waals surface area (Å²) in [4.78, 5) is 28.9. The Balaban J connectivity index is 1.91. The number of methoxy groups -OCH3 is 2. The average molecular weight is 481 g/mol. The summed E-state index contributed by atoms with van der Waals surface area (Å²) in [6, 6.07) is 11.5. The normalized spacial score (nSPS) is 14.4. The molecule has 1 N–H and O–H groups in total. The van der Waals surface area contributed by atoms with Crippen LogP contribution < -0.4 is 19.7 Å². The number of amides is 2. The molecule has 35 heavy (non-hydrogen) atoms. The van der Waals surface area contributed by atoms with E-state index in [1.54, 1.807) is 43.3 Å². The first-order chi connectivity index (χ1) is 16.9. The monoisotopic (exact) mass is 480 g/mol. The van der Waals surface area contributed by atoms with E-state index in [9.17, 15) is 14.0 Å². The molecule has 1 aliphatic rings. The lowest BCUT2D eigenvalue weighted by Gasteiger charge is -2.32. The van der Waals surface area contributed by atoms with Crippen LogP contribution in [0.15, 0.2) is 59.2 Å². The van der Waals surface area contributed by atoms with Gasteiger partial charge in [-0.15, -0.1) is 0 Å². The van der Waals surface area contributed by atoms with E-state index < -0.39 is 23.7 Å². The van der Waals surface area contributed by atoms with E-state index in [0.717, 1.165) is 25.7 Å². The Labute approximate surface area is 203 Å². The molecule has 0 bridgehead atoms. The highest BCUT2D eigenvalue weighted by atomic mass is 19.1. The Kier molecular flexibility index (Phi) is 7.39. The molecule has 1 unspecified atom stereocenters. The highest BCUT2D eigenvalue weighted by Crippen LogP contribution is 2.40. The number of nitrogens with zero attached hydrogens (tertiary/aromatic N) is 1. The maximum absolute atomic E-state index is 14.7. The van der Waals surface area contributed by atoms with E-state index in [0.29, 0.717) is 22.6 Å². The molecule has 0 spiro atoms. The summed E-state index contributed by atoms with van der Waals surface area (Å²) in [5.41, 5.74) is 1.04. The first-order valence-electron chi connectivity index (χ1n) is 11.6. The number of halogens is 1. The highest BCUT2D eigenvalue weighted by molar-refractivity contribution is 6.09. The first-order valence-corrected chi connectivity index (χ1v) is 11.6. The fourth-order valence-electron chi connectivity index (χ4n) is 4.51. The van der Waals surface area contributed by atoms with Crippen molar-refractivity contribution in [2.75, 3.05) is 19.1 Å². The van der Waals surface area contributed by atoms with Crippen LogP contribution in [0.2, 0.25) is 0 Å². The van der Waals surface area contributed by atoms with Crippen molar-refractivity contribution < 1.29 is 27.9 Å². The van der Waals surface area contributed by atoms with Gasteiger partial charge in [0.05, 0.1) is 20.5 Å². The van der Waals surface area contributed by atoms with Crippen LogP contribution in [-0.4, -0.2) is 32.1 Å². The fraction of sp³-hybridized carbons (Fsp3) is 0.333. The molecule has 4 rings (SSSR count). The third-order valence-electron chi connectivity index (χ3n) is 6.32. The molecular weight excluding hydrogens is 451 g/mol. The van der Waals surface area contributed by atoms with Crippen molar-refractivity contribution in [1.29, 1.82) is 0 Å². The van der Waals surface area contributed by atoms with Gasteiger partial charge < -0.3 is 19.2 Å². The molecule has 1 aliphatic carbocycles. The minimum atomic E-state index is -1.18. The van der Waals surface area contributed by atoms with E-state index in [2.05, 4.69) is 5.32 Å². The van der Waals surface area contributed by atoms with Gasteiger partial charge in [0.1, 0.15) is 11.9 Å². The number of rotatable bonds is 8. The summed E-state index contributed by atoms with van der Waals surface area (Å²) >= 11 is 0. The lowest BCUT2D eigenvalue weighted by Crippen LogP contribution is -2.46. The molecule has 1 heterocycles. The minimum absolute atomic E-state index is 0.00285. The topological polar surface area (TPSA) is 81.0 Å².